The van der Waals surface area contributed by atoms with Crippen LogP contribution in [0.3, 0.4) is 0 Å². The van der Waals surface area contributed by atoms with Gasteiger partial charge in [-0.2, -0.15) is 4.57 Å². The fourth-order valence-electron chi connectivity index (χ4n) is 3.68. The molecule has 3 heteroatoms. The van der Waals surface area contributed by atoms with Gasteiger partial charge in [0, 0.05) is 24.1 Å². The van der Waals surface area contributed by atoms with Crippen LogP contribution in [0.2, 0.25) is 0 Å². The molecule has 0 saturated carbocycles. The molecule has 1 aromatic heterocycles. The van der Waals surface area contributed by atoms with E-state index in [0.717, 1.165) is 28.8 Å². The van der Waals surface area contributed by atoms with Crippen LogP contribution in [0.15, 0.2) is 97.1 Å². The molecule has 0 amide bonds. The zero-order chi connectivity index (χ0) is 20.9. The van der Waals surface area contributed by atoms with Crippen molar-refractivity contribution in [2.75, 3.05) is 0 Å². The number of carbonyl (C=O) groups is 1. The molecule has 1 heterocycles. The first-order valence-electron chi connectivity index (χ1n) is 10.1. The molecule has 0 atom stereocenters. The standard InChI is InChI=1S/C27H23NO2/c1-20-12-14-21(15-13-20)16-17-28-25(23-10-6-3-7-11-23)18-24(19-26(28)27(29)30)22-8-4-2-5-9-22/h2-15,18-19H,16-17H2,1H3/p+1. The first kappa shape index (κ1) is 19.6. The summed E-state index contributed by atoms with van der Waals surface area (Å²) in [7, 11) is 0. The largest absolute Gasteiger partial charge is 0.473 e. The van der Waals surface area contributed by atoms with Crippen molar-refractivity contribution in [1.82, 2.24) is 0 Å². The average molecular weight is 394 g/mol. The third-order valence-corrected chi connectivity index (χ3v) is 5.31. The van der Waals surface area contributed by atoms with Crippen molar-refractivity contribution in [2.45, 2.75) is 19.9 Å². The SMILES string of the molecule is Cc1ccc(CC[n+]2c(C(=O)O)cc(-c3ccccc3)cc2-c2ccccc2)cc1. The summed E-state index contributed by atoms with van der Waals surface area (Å²) in [6.45, 7) is 2.65. The number of nitrogens with zero attached hydrogens (tertiary/aromatic N) is 1. The third-order valence-electron chi connectivity index (χ3n) is 5.31. The zero-order valence-electron chi connectivity index (χ0n) is 17.0. The number of rotatable bonds is 6. The van der Waals surface area contributed by atoms with Crippen LogP contribution in [0.1, 0.15) is 21.6 Å². The number of aromatic carboxylic acids is 1. The van der Waals surface area contributed by atoms with Gasteiger partial charge in [-0.3, -0.25) is 0 Å². The van der Waals surface area contributed by atoms with Gasteiger partial charge in [-0.25, -0.2) is 4.79 Å². The van der Waals surface area contributed by atoms with Gasteiger partial charge in [0.25, 0.3) is 5.69 Å². The Morgan fingerprint density at radius 3 is 1.97 bits per heavy atom. The van der Waals surface area contributed by atoms with Gasteiger partial charge in [-0.15, -0.1) is 0 Å². The summed E-state index contributed by atoms with van der Waals surface area (Å²) in [6, 6.07) is 32.2. The van der Waals surface area contributed by atoms with E-state index in [-0.39, 0.29) is 0 Å². The maximum absolute atomic E-state index is 12.2. The molecular weight excluding hydrogens is 370 g/mol. The second-order valence-corrected chi connectivity index (χ2v) is 7.44. The Hall–Kier alpha value is -3.72. The van der Waals surface area contributed by atoms with E-state index in [4.69, 9.17) is 0 Å². The lowest BCUT2D eigenvalue weighted by Gasteiger charge is -2.11. The van der Waals surface area contributed by atoms with Crippen LogP contribution in [-0.2, 0) is 13.0 Å². The van der Waals surface area contributed by atoms with Crippen molar-refractivity contribution in [3.63, 3.8) is 0 Å². The topological polar surface area (TPSA) is 41.2 Å². The molecule has 148 valence electrons. The molecule has 0 spiro atoms. The van der Waals surface area contributed by atoms with Crippen LogP contribution in [0.5, 0.6) is 0 Å². The number of benzene rings is 3. The van der Waals surface area contributed by atoms with Crippen molar-refractivity contribution in [1.29, 1.82) is 0 Å². The monoisotopic (exact) mass is 394 g/mol. The van der Waals surface area contributed by atoms with E-state index in [2.05, 4.69) is 37.3 Å². The lowest BCUT2D eigenvalue weighted by atomic mass is 10.0. The minimum absolute atomic E-state index is 0.294. The number of aryl methyl sites for hydroxylation is 2. The summed E-state index contributed by atoms with van der Waals surface area (Å²) < 4.78 is 1.92. The number of carboxylic acid groups (broad SMARTS) is 1. The van der Waals surface area contributed by atoms with E-state index in [1.807, 2.05) is 65.2 Å². The second kappa shape index (κ2) is 8.75. The maximum atomic E-state index is 12.2. The van der Waals surface area contributed by atoms with E-state index in [9.17, 15) is 9.90 Å². The minimum atomic E-state index is -0.922. The van der Waals surface area contributed by atoms with Crippen LogP contribution in [0, 0.1) is 6.92 Å². The lowest BCUT2D eigenvalue weighted by Crippen LogP contribution is -2.43. The van der Waals surface area contributed by atoms with Crippen LogP contribution < -0.4 is 4.57 Å². The van der Waals surface area contributed by atoms with Gasteiger partial charge in [0.2, 0.25) is 5.69 Å². The highest BCUT2D eigenvalue weighted by atomic mass is 16.4. The van der Waals surface area contributed by atoms with Gasteiger partial charge >= 0.3 is 5.97 Å². The second-order valence-electron chi connectivity index (χ2n) is 7.44. The minimum Gasteiger partial charge on any atom is -0.473 e. The van der Waals surface area contributed by atoms with Gasteiger partial charge in [0.15, 0.2) is 6.54 Å². The van der Waals surface area contributed by atoms with E-state index >= 15 is 0 Å². The molecule has 3 aromatic carbocycles. The van der Waals surface area contributed by atoms with Crippen molar-refractivity contribution >= 4 is 5.97 Å². The highest BCUT2D eigenvalue weighted by Gasteiger charge is 2.25. The molecule has 0 aliphatic heterocycles. The Kier molecular flexibility index (Phi) is 5.71. The van der Waals surface area contributed by atoms with Crippen LogP contribution in [-0.4, -0.2) is 11.1 Å². The quantitative estimate of drug-likeness (QED) is 0.435. The lowest BCUT2D eigenvalue weighted by molar-refractivity contribution is -0.688. The fourth-order valence-corrected chi connectivity index (χ4v) is 3.68. The Morgan fingerprint density at radius 2 is 1.37 bits per heavy atom. The first-order valence-corrected chi connectivity index (χ1v) is 10.1. The summed E-state index contributed by atoms with van der Waals surface area (Å²) in [6.07, 6.45) is 0.760. The number of pyridine rings is 1. The molecular formula is C27H24NO2+. The van der Waals surface area contributed by atoms with E-state index in [0.29, 0.717) is 12.2 Å². The van der Waals surface area contributed by atoms with Crippen LogP contribution >= 0.6 is 0 Å². The molecule has 4 rings (SSSR count). The van der Waals surface area contributed by atoms with E-state index in [1.165, 1.54) is 11.1 Å². The Labute approximate surface area is 176 Å². The van der Waals surface area contributed by atoms with Crippen molar-refractivity contribution in [3.8, 4) is 22.4 Å². The zero-order valence-corrected chi connectivity index (χ0v) is 17.0. The summed E-state index contributed by atoms with van der Waals surface area (Å²) >= 11 is 0. The van der Waals surface area contributed by atoms with Crippen molar-refractivity contribution in [2.24, 2.45) is 0 Å². The molecule has 1 N–H and O–H groups in total. The predicted octanol–water partition coefficient (Wildman–Crippen LogP) is 5.56. The molecule has 0 bridgehead atoms. The molecule has 0 radical (unpaired) electrons. The smallest absolute Gasteiger partial charge is 0.401 e. The highest BCUT2D eigenvalue weighted by Crippen LogP contribution is 2.25. The third kappa shape index (κ3) is 4.31. The molecule has 0 saturated heterocycles. The molecule has 30 heavy (non-hydrogen) atoms. The summed E-state index contributed by atoms with van der Waals surface area (Å²) in [5, 5.41) is 10.0. The van der Waals surface area contributed by atoms with Gasteiger partial charge in [0.1, 0.15) is 0 Å². The summed E-state index contributed by atoms with van der Waals surface area (Å²) in [4.78, 5) is 12.2. The highest BCUT2D eigenvalue weighted by molar-refractivity contribution is 5.86. The Balaban J connectivity index is 1.83. The Morgan fingerprint density at radius 1 is 0.767 bits per heavy atom. The van der Waals surface area contributed by atoms with Gasteiger partial charge < -0.3 is 5.11 Å². The number of hydrogen-bond donors (Lipinski definition) is 1. The van der Waals surface area contributed by atoms with Gasteiger partial charge in [-0.1, -0.05) is 78.4 Å². The van der Waals surface area contributed by atoms with Gasteiger partial charge in [-0.05, 0) is 35.7 Å². The normalized spacial score (nSPS) is 10.7. The fraction of sp³-hybridized carbons (Fsp3) is 0.111. The van der Waals surface area contributed by atoms with Crippen molar-refractivity contribution in [3.05, 3.63) is 114 Å². The predicted molar refractivity (Wildman–Crippen MR) is 119 cm³/mol. The first-order chi connectivity index (χ1) is 14.6. The molecule has 3 nitrogen and oxygen atoms in total. The summed E-state index contributed by atoms with van der Waals surface area (Å²) in [5.41, 5.74) is 6.51. The number of carboxylic acids is 1. The van der Waals surface area contributed by atoms with E-state index < -0.39 is 5.97 Å². The van der Waals surface area contributed by atoms with Gasteiger partial charge in [0.05, 0.1) is 0 Å². The maximum Gasteiger partial charge on any atom is 0.401 e. The Bertz CT molecular complexity index is 1150. The molecule has 4 aromatic rings. The molecule has 0 aliphatic carbocycles. The molecule has 0 unspecified atom stereocenters. The number of hydrogen-bond acceptors (Lipinski definition) is 1. The number of aromatic nitrogens is 1. The van der Waals surface area contributed by atoms with Crippen molar-refractivity contribution < 1.29 is 14.5 Å². The average Bonchev–Trinajstić information content (AvgIpc) is 2.79. The molecule has 0 fully saturated rings. The molecule has 0 aliphatic rings. The van der Waals surface area contributed by atoms with Crippen LogP contribution in [0.4, 0.5) is 0 Å². The summed E-state index contributed by atoms with van der Waals surface area (Å²) in [5.74, 6) is -0.922. The van der Waals surface area contributed by atoms with Crippen LogP contribution in [0.25, 0.3) is 22.4 Å². The van der Waals surface area contributed by atoms with E-state index in [1.54, 1.807) is 6.07 Å².